The number of rotatable bonds is 3. The fraction of sp³-hybridized carbons (Fsp3) is 0.364. The summed E-state index contributed by atoms with van der Waals surface area (Å²) in [6, 6.07) is 3.53. The van der Waals surface area contributed by atoms with Crippen LogP contribution in [0.3, 0.4) is 0 Å². The standard InChI is InChI=1S/C11H14N4O/c1-3-7(2)10-14-11(16-15-10)9-8(12)5-4-6-13-9/h4-7H,3,12H2,1-2H3. The van der Waals surface area contributed by atoms with Gasteiger partial charge in [0.2, 0.25) is 0 Å². The molecule has 5 heteroatoms. The number of nitrogens with two attached hydrogens (primary N) is 1. The molecule has 0 aliphatic rings. The van der Waals surface area contributed by atoms with Gasteiger partial charge < -0.3 is 10.3 Å². The lowest BCUT2D eigenvalue weighted by molar-refractivity contribution is 0.415. The topological polar surface area (TPSA) is 77.8 Å². The van der Waals surface area contributed by atoms with Gasteiger partial charge in [-0.3, -0.25) is 0 Å². The van der Waals surface area contributed by atoms with Crippen LogP contribution in [-0.2, 0) is 0 Å². The molecule has 0 amide bonds. The summed E-state index contributed by atoms with van der Waals surface area (Å²) >= 11 is 0. The predicted molar refractivity (Wildman–Crippen MR) is 60.6 cm³/mol. The summed E-state index contributed by atoms with van der Waals surface area (Å²) in [7, 11) is 0. The Morgan fingerprint density at radius 3 is 3.00 bits per heavy atom. The third-order valence-corrected chi connectivity index (χ3v) is 2.54. The van der Waals surface area contributed by atoms with Gasteiger partial charge in [0.05, 0.1) is 5.69 Å². The van der Waals surface area contributed by atoms with Crippen LogP contribution in [0.25, 0.3) is 11.6 Å². The average molecular weight is 218 g/mol. The molecule has 2 rings (SSSR count). The van der Waals surface area contributed by atoms with Crippen molar-refractivity contribution in [1.82, 2.24) is 15.1 Å². The first kappa shape index (κ1) is 10.6. The average Bonchev–Trinajstić information content (AvgIpc) is 2.78. The molecule has 1 unspecified atom stereocenters. The van der Waals surface area contributed by atoms with Crippen LogP contribution in [0.1, 0.15) is 32.0 Å². The SMILES string of the molecule is CCC(C)c1noc(-c2ncccc2N)n1. The Bertz CT molecular complexity index is 480. The summed E-state index contributed by atoms with van der Waals surface area (Å²) in [6.45, 7) is 4.13. The molecule has 0 saturated carbocycles. The van der Waals surface area contributed by atoms with E-state index in [0.29, 0.717) is 23.1 Å². The number of nitrogens with zero attached hydrogens (tertiary/aromatic N) is 3. The maximum atomic E-state index is 5.78. The van der Waals surface area contributed by atoms with Crippen molar-refractivity contribution in [1.29, 1.82) is 0 Å². The third kappa shape index (κ3) is 1.88. The smallest absolute Gasteiger partial charge is 0.278 e. The molecule has 2 aromatic heterocycles. The second-order valence-electron chi connectivity index (χ2n) is 3.71. The van der Waals surface area contributed by atoms with Gasteiger partial charge in [-0.25, -0.2) is 4.98 Å². The van der Waals surface area contributed by atoms with E-state index in [0.717, 1.165) is 6.42 Å². The van der Waals surface area contributed by atoms with Gasteiger partial charge in [-0.05, 0) is 18.6 Å². The fourth-order valence-corrected chi connectivity index (χ4v) is 1.31. The summed E-state index contributed by atoms with van der Waals surface area (Å²) in [6.07, 6.45) is 2.62. The van der Waals surface area contributed by atoms with E-state index in [1.54, 1.807) is 18.3 Å². The van der Waals surface area contributed by atoms with Gasteiger partial charge in [-0.15, -0.1) is 0 Å². The van der Waals surface area contributed by atoms with Crippen LogP contribution in [0, 0.1) is 0 Å². The molecule has 84 valence electrons. The number of aromatic nitrogens is 3. The van der Waals surface area contributed by atoms with Crippen molar-refractivity contribution in [3.8, 4) is 11.6 Å². The van der Waals surface area contributed by atoms with E-state index in [1.807, 2.05) is 0 Å². The Labute approximate surface area is 93.7 Å². The molecule has 0 fully saturated rings. The molecule has 5 nitrogen and oxygen atoms in total. The summed E-state index contributed by atoms with van der Waals surface area (Å²) in [5.41, 5.74) is 6.87. The molecule has 0 aromatic carbocycles. The van der Waals surface area contributed by atoms with Crippen LogP contribution in [0.2, 0.25) is 0 Å². The highest BCUT2D eigenvalue weighted by Gasteiger charge is 2.15. The van der Waals surface area contributed by atoms with Gasteiger partial charge in [-0.1, -0.05) is 19.0 Å². The van der Waals surface area contributed by atoms with Gasteiger partial charge in [0.1, 0.15) is 0 Å². The second kappa shape index (κ2) is 4.30. The molecule has 16 heavy (non-hydrogen) atoms. The van der Waals surface area contributed by atoms with E-state index >= 15 is 0 Å². The van der Waals surface area contributed by atoms with Crippen molar-refractivity contribution in [2.24, 2.45) is 0 Å². The van der Waals surface area contributed by atoms with Crippen LogP contribution in [0.4, 0.5) is 5.69 Å². The second-order valence-corrected chi connectivity index (χ2v) is 3.71. The summed E-state index contributed by atoms with van der Waals surface area (Å²) in [5, 5.41) is 3.92. The third-order valence-electron chi connectivity index (χ3n) is 2.54. The van der Waals surface area contributed by atoms with E-state index in [9.17, 15) is 0 Å². The van der Waals surface area contributed by atoms with Crippen LogP contribution in [0.15, 0.2) is 22.9 Å². The first-order valence-electron chi connectivity index (χ1n) is 5.26. The first-order valence-corrected chi connectivity index (χ1v) is 5.26. The Morgan fingerprint density at radius 2 is 2.31 bits per heavy atom. The lowest BCUT2D eigenvalue weighted by atomic mass is 10.1. The molecule has 2 aromatic rings. The number of hydrogen-bond acceptors (Lipinski definition) is 5. The van der Waals surface area contributed by atoms with Crippen molar-refractivity contribution in [3.05, 3.63) is 24.2 Å². The van der Waals surface area contributed by atoms with Crippen LogP contribution >= 0.6 is 0 Å². The highest BCUT2D eigenvalue weighted by Crippen LogP contribution is 2.23. The van der Waals surface area contributed by atoms with Crippen LogP contribution in [0.5, 0.6) is 0 Å². The molecule has 0 radical (unpaired) electrons. The lowest BCUT2D eigenvalue weighted by Crippen LogP contribution is -1.95. The number of anilines is 1. The molecule has 0 aliphatic heterocycles. The molecule has 2 heterocycles. The monoisotopic (exact) mass is 218 g/mol. The van der Waals surface area contributed by atoms with Crippen molar-refractivity contribution < 1.29 is 4.52 Å². The predicted octanol–water partition coefficient (Wildman–Crippen LogP) is 2.23. The normalized spacial score (nSPS) is 12.6. The van der Waals surface area contributed by atoms with Crippen molar-refractivity contribution >= 4 is 5.69 Å². The highest BCUT2D eigenvalue weighted by molar-refractivity contribution is 5.65. The van der Waals surface area contributed by atoms with E-state index in [2.05, 4.69) is 29.0 Å². The number of hydrogen-bond donors (Lipinski definition) is 1. The Kier molecular flexibility index (Phi) is 2.85. The highest BCUT2D eigenvalue weighted by atomic mass is 16.5. The minimum absolute atomic E-state index is 0.280. The molecule has 0 spiro atoms. The number of pyridine rings is 1. The van der Waals surface area contributed by atoms with E-state index in [4.69, 9.17) is 10.3 Å². The Hall–Kier alpha value is -1.91. The fourth-order valence-electron chi connectivity index (χ4n) is 1.31. The summed E-state index contributed by atoms with van der Waals surface area (Å²) in [4.78, 5) is 8.42. The van der Waals surface area contributed by atoms with Gasteiger partial charge in [0, 0.05) is 12.1 Å². The molecule has 0 saturated heterocycles. The maximum Gasteiger partial charge on any atom is 0.278 e. The molecular weight excluding hydrogens is 204 g/mol. The maximum absolute atomic E-state index is 5.78. The van der Waals surface area contributed by atoms with Crippen LogP contribution < -0.4 is 5.73 Å². The molecule has 0 bridgehead atoms. The lowest BCUT2D eigenvalue weighted by Gasteiger charge is -1.99. The first-order chi connectivity index (χ1) is 7.72. The Morgan fingerprint density at radius 1 is 1.50 bits per heavy atom. The zero-order valence-electron chi connectivity index (χ0n) is 9.34. The molecule has 0 aliphatic carbocycles. The van der Waals surface area contributed by atoms with Crippen LogP contribution in [-0.4, -0.2) is 15.1 Å². The van der Waals surface area contributed by atoms with Gasteiger partial charge >= 0.3 is 0 Å². The van der Waals surface area contributed by atoms with Crippen molar-refractivity contribution in [2.45, 2.75) is 26.2 Å². The van der Waals surface area contributed by atoms with Gasteiger partial charge in [-0.2, -0.15) is 4.98 Å². The molecule has 1 atom stereocenters. The van der Waals surface area contributed by atoms with Crippen molar-refractivity contribution in [3.63, 3.8) is 0 Å². The van der Waals surface area contributed by atoms with E-state index in [-0.39, 0.29) is 5.92 Å². The number of nitrogen functional groups attached to an aromatic ring is 1. The minimum atomic E-state index is 0.280. The van der Waals surface area contributed by atoms with E-state index in [1.165, 1.54) is 0 Å². The summed E-state index contributed by atoms with van der Waals surface area (Å²) in [5.74, 6) is 1.36. The Balaban J connectivity index is 2.35. The quantitative estimate of drug-likeness (QED) is 0.854. The zero-order chi connectivity index (χ0) is 11.5. The largest absolute Gasteiger partial charge is 0.397 e. The van der Waals surface area contributed by atoms with Gasteiger partial charge in [0.15, 0.2) is 11.5 Å². The van der Waals surface area contributed by atoms with Crippen molar-refractivity contribution in [2.75, 3.05) is 5.73 Å². The zero-order valence-corrected chi connectivity index (χ0v) is 9.34. The minimum Gasteiger partial charge on any atom is -0.397 e. The summed E-state index contributed by atoms with van der Waals surface area (Å²) < 4.78 is 5.15. The van der Waals surface area contributed by atoms with Gasteiger partial charge in [0.25, 0.3) is 5.89 Å². The van der Waals surface area contributed by atoms with E-state index < -0.39 is 0 Å². The molecule has 2 N–H and O–H groups in total. The molecular formula is C11H14N4O.